The smallest absolute Gasteiger partial charge is 0.156 e. The predicted molar refractivity (Wildman–Crippen MR) is 57.0 cm³/mol. The molecule has 82 valence electrons. The molecule has 0 aromatic heterocycles. The van der Waals surface area contributed by atoms with Gasteiger partial charge in [0.05, 0.1) is 11.0 Å². The number of hydrogen-bond acceptors (Lipinski definition) is 3. The van der Waals surface area contributed by atoms with E-state index < -0.39 is 9.84 Å². The highest BCUT2D eigenvalue weighted by atomic mass is 32.2. The van der Waals surface area contributed by atoms with E-state index in [1.54, 1.807) is 0 Å². The first-order chi connectivity index (χ1) is 6.32. The molecule has 3 nitrogen and oxygen atoms in total. The van der Waals surface area contributed by atoms with Crippen LogP contribution >= 0.6 is 0 Å². The molecule has 0 radical (unpaired) electrons. The zero-order chi connectivity index (χ0) is 10.6. The van der Waals surface area contributed by atoms with Crippen LogP contribution in [0.1, 0.15) is 33.6 Å². The predicted octanol–water partition coefficient (Wildman–Crippen LogP) is 0.950. The third kappa shape index (κ3) is 1.82. The monoisotopic (exact) mass is 217 g/mol. The molecule has 0 aromatic carbocycles. The van der Waals surface area contributed by atoms with E-state index in [9.17, 15) is 8.42 Å². The number of rotatable bonds is 1. The lowest BCUT2D eigenvalue weighted by Crippen LogP contribution is -2.62. The van der Waals surface area contributed by atoms with E-state index in [4.69, 9.17) is 0 Å². The minimum Gasteiger partial charge on any atom is -0.306 e. The molecule has 2 fully saturated rings. The van der Waals surface area contributed by atoms with Gasteiger partial charge in [-0.15, -0.1) is 0 Å². The number of nitrogens with one attached hydrogen (secondary N) is 1. The molecule has 2 aliphatic rings. The molecular weight excluding hydrogens is 198 g/mol. The molecule has 1 aliphatic carbocycles. The van der Waals surface area contributed by atoms with Crippen LogP contribution in [0.25, 0.3) is 0 Å². The Morgan fingerprint density at radius 2 is 1.86 bits per heavy atom. The van der Waals surface area contributed by atoms with Crippen molar-refractivity contribution in [2.75, 3.05) is 5.75 Å². The minimum atomic E-state index is -2.89. The first kappa shape index (κ1) is 10.4. The fraction of sp³-hybridized carbons (Fsp3) is 1.00. The Kier molecular flexibility index (Phi) is 2.20. The summed E-state index contributed by atoms with van der Waals surface area (Å²) in [7, 11) is -2.89. The van der Waals surface area contributed by atoms with Crippen molar-refractivity contribution >= 4 is 9.84 Å². The van der Waals surface area contributed by atoms with Gasteiger partial charge in [0.1, 0.15) is 0 Å². The molecule has 1 N–H and O–H groups in total. The van der Waals surface area contributed by atoms with E-state index in [1.165, 1.54) is 12.8 Å². The van der Waals surface area contributed by atoms with Gasteiger partial charge < -0.3 is 5.32 Å². The third-order valence-corrected chi connectivity index (χ3v) is 5.87. The summed E-state index contributed by atoms with van der Waals surface area (Å²) >= 11 is 0. The molecule has 1 heterocycles. The van der Waals surface area contributed by atoms with Gasteiger partial charge in [-0.05, 0) is 39.5 Å². The molecule has 1 saturated carbocycles. The SMILES string of the molecule is CC1C(C2CC2)NC(C)(C)CS1(=O)=O. The van der Waals surface area contributed by atoms with E-state index in [0.29, 0.717) is 5.92 Å². The first-order valence-electron chi connectivity index (χ1n) is 5.31. The van der Waals surface area contributed by atoms with Crippen molar-refractivity contribution in [1.29, 1.82) is 0 Å². The lowest BCUT2D eigenvalue weighted by atomic mass is 10.0. The summed E-state index contributed by atoms with van der Waals surface area (Å²) in [6.07, 6.45) is 2.38. The Labute approximate surface area is 86.2 Å². The van der Waals surface area contributed by atoms with Crippen LogP contribution in [-0.2, 0) is 9.84 Å². The van der Waals surface area contributed by atoms with Crippen molar-refractivity contribution in [3.63, 3.8) is 0 Å². The molecule has 0 amide bonds. The lowest BCUT2D eigenvalue weighted by Gasteiger charge is -2.40. The van der Waals surface area contributed by atoms with Crippen LogP contribution < -0.4 is 5.32 Å². The molecule has 2 rings (SSSR count). The minimum absolute atomic E-state index is 0.184. The summed E-state index contributed by atoms with van der Waals surface area (Å²) in [5.41, 5.74) is -0.251. The Morgan fingerprint density at radius 1 is 1.29 bits per heavy atom. The Balaban J connectivity index is 2.26. The maximum absolute atomic E-state index is 11.9. The Morgan fingerprint density at radius 3 is 2.36 bits per heavy atom. The van der Waals surface area contributed by atoms with Crippen LogP contribution in [0.5, 0.6) is 0 Å². The van der Waals surface area contributed by atoms with Crippen LogP contribution in [0.3, 0.4) is 0 Å². The highest BCUT2D eigenvalue weighted by molar-refractivity contribution is 7.92. The van der Waals surface area contributed by atoms with Crippen molar-refractivity contribution in [3.8, 4) is 0 Å². The summed E-state index contributed by atoms with van der Waals surface area (Å²) in [4.78, 5) is 0. The quantitative estimate of drug-likeness (QED) is 0.711. The molecule has 1 saturated heterocycles. The first-order valence-corrected chi connectivity index (χ1v) is 7.03. The fourth-order valence-corrected chi connectivity index (χ4v) is 4.51. The van der Waals surface area contributed by atoms with Crippen LogP contribution in [-0.4, -0.2) is 31.0 Å². The van der Waals surface area contributed by atoms with E-state index in [1.807, 2.05) is 20.8 Å². The normalized spacial score (nSPS) is 40.8. The van der Waals surface area contributed by atoms with Gasteiger partial charge >= 0.3 is 0 Å². The van der Waals surface area contributed by atoms with Crippen molar-refractivity contribution in [3.05, 3.63) is 0 Å². The molecule has 0 aromatic rings. The second-order valence-electron chi connectivity index (χ2n) is 5.40. The number of hydrogen-bond donors (Lipinski definition) is 1. The molecule has 2 atom stereocenters. The van der Waals surface area contributed by atoms with Gasteiger partial charge in [0.15, 0.2) is 9.84 Å². The van der Waals surface area contributed by atoms with Gasteiger partial charge in [-0.2, -0.15) is 0 Å². The van der Waals surface area contributed by atoms with Crippen LogP contribution in [0.4, 0.5) is 0 Å². The van der Waals surface area contributed by atoms with E-state index >= 15 is 0 Å². The summed E-state index contributed by atoms with van der Waals surface area (Å²) in [6, 6.07) is 0.184. The summed E-state index contributed by atoms with van der Waals surface area (Å²) in [6.45, 7) is 5.80. The maximum Gasteiger partial charge on any atom is 0.156 e. The average Bonchev–Trinajstić information content (AvgIpc) is 2.76. The standard InChI is InChI=1S/C10H19NO2S/c1-7-9(8-4-5-8)11-10(2,3)6-14(7,12)13/h7-9,11H,4-6H2,1-3H3. The maximum atomic E-state index is 11.9. The molecular formula is C10H19NO2S. The fourth-order valence-electron chi connectivity index (χ4n) is 2.42. The highest BCUT2D eigenvalue weighted by Gasteiger charge is 2.47. The van der Waals surface area contributed by atoms with Gasteiger partial charge in [-0.3, -0.25) is 0 Å². The van der Waals surface area contributed by atoms with Crippen LogP contribution in [0, 0.1) is 5.92 Å². The molecule has 1 aliphatic heterocycles. The summed E-state index contributed by atoms with van der Waals surface area (Å²) < 4.78 is 23.8. The number of sulfone groups is 1. The highest BCUT2D eigenvalue weighted by Crippen LogP contribution is 2.38. The summed E-state index contributed by atoms with van der Waals surface area (Å²) in [5.74, 6) is 0.865. The van der Waals surface area contributed by atoms with Crippen molar-refractivity contribution < 1.29 is 8.42 Å². The average molecular weight is 217 g/mol. The van der Waals surface area contributed by atoms with Crippen LogP contribution in [0.15, 0.2) is 0 Å². The van der Waals surface area contributed by atoms with Crippen LogP contribution in [0.2, 0.25) is 0 Å². The second-order valence-corrected chi connectivity index (χ2v) is 7.76. The second kappa shape index (κ2) is 2.95. The molecule has 4 heteroatoms. The zero-order valence-corrected chi connectivity index (χ0v) is 9.89. The van der Waals surface area contributed by atoms with Crippen molar-refractivity contribution in [2.45, 2.75) is 50.4 Å². The third-order valence-electron chi connectivity index (χ3n) is 3.32. The largest absolute Gasteiger partial charge is 0.306 e. The summed E-state index contributed by atoms with van der Waals surface area (Å²) in [5, 5.41) is 3.28. The van der Waals surface area contributed by atoms with E-state index in [-0.39, 0.29) is 22.6 Å². The van der Waals surface area contributed by atoms with Gasteiger partial charge in [0, 0.05) is 11.6 Å². The van der Waals surface area contributed by atoms with Gasteiger partial charge in [-0.1, -0.05) is 0 Å². The van der Waals surface area contributed by atoms with Gasteiger partial charge in [-0.25, -0.2) is 8.42 Å². The molecule has 0 spiro atoms. The molecule has 0 bridgehead atoms. The Hall–Kier alpha value is -0.0900. The van der Waals surface area contributed by atoms with Crippen molar-refractivity contribution in [1.82, 2.24) is 5.32 Å². The van der Waals surface area contributed by atoms with E-state index in [0.717, 1.165) is 0 Å². The topological polar surface area (TPSA) is 46.2 Å². The zero-order valence-electron chi connectivity index (χ0n) is 9.08. The van der Waals surface area contributed by atoms with Crippen molar-refractivity contribution in [2.24, 2.45) is 5.92 Å². The van der Waals surface area contributed by atoms with Gasteiger partial charge in [0.25, 0.3) is 0 Å². The Bertz CT molecular complexity index is 330. The van der Waals surface area contributed by atoms with Gasteiger partial charge in [0.2, 0.25) is 0 Å². The lowest BCUT2D eigenvalue weighted by molar-refractivity contribution is 0.308. The molecule has 14 heavy (non-hydrogen) atoms. The molecule has 2 unspecified atom stereocenters. The van der Waals surface area contributed by atoms with E-state index in [2.05, 4.69) is 5.32 Å².